The minimum atomic E-state index is 0.504. The number of hydrogen-bond acceptors (Lipinski definition) is 1. The number of benzene rings is 1. The molecule has 0 saturated heterocycles. The van der Waals surface area contributed by atoms with Gasteiger partial charge in [0.1, 0.15) is 0 Å². The first-order valence-corrected chi connectivity index (χ1v) is 3.23. The fourth-order valence-electron chi connectivity index (χ4n) is 0.647. The minimum absolute atomic E-state index is 0.504. The van der Waals surface area contributed by atoms with E-state index in [1.165, 1.54) is 7.05 Å². The van der Waals surface area contributed by atoms with Gasteiger partial charge in [-0.05, 0) is 24.3 Å². The van der Waals surface area contributed by atoms with Crippen LogP contribution in [0.2, 0.25) is 5.02 Å². The molecular formula is C7H7ClFN. The molecule has 0 amide bonds. The van der Waals surface area contributed by atoms with Gasteiger partial charge < -0.3 is 0 Å². The molecule has 1 rings (SSSR count). The van der Waals surface area contributed by atoms with Crippen molar-refractivity contribution in [3.05, 3.63) is 29.3 Å². The van der Waals surface area contributed by atoms with E-state index >= 15 is 0 Å². The topological polar surface area (TPSA) is 3.24 Å². The molecule has 10 heavy (non-hydrogen) atoms. The van der Waals surface area contributed by atoms with Crippen LogP contribution in [0.25, 0.3) is 0 Å². The van der Waals surface area contributed by atoms with E-state index in [0.29, 0.717) is 15.8 Å². The fourth-order valence-corrected chi connectivity index (χ4v) is 0.772. The van der Waals surface area contributed by atoms with Crippen LogP contribution in [0, 0.1) is 0 Å². The van der Waals surface area contributed by atoms with E-state index < -0.39 is 0 Å². The SMILES string of the molecule is CN(F)c1ccc(Cl)cc1. The smallest absolute Gasteiger partial charge is 0.0685 e. The molecule has 0 aromatic heterocycles. The second-order valence-electron chi connectivity index (χ2n) is 1.95. The summed E-state index contributed by atoms with van der Waals surface area (Å²) in [5.41, 5.74) is 0.504. The van der Waals surface area contributed by atoms with Crippen molar-refractivity contribution >= 4 is 17.3 Å². The summed E-state index contributed by atoms with van der Waals surface area (Å²) in [6, 6.07) is 6.52. The Morgan fingerprint density at radius 2 is 1.80 bits per heavy atom. The summed E-state index contributed by atoms with van der Waals surface area (Å²) in [5, 5.41) is 1.15. The number of nitrogens with zero attached hydrogens (tertiary/aromatic N) is 1. The summed E-state index contributed by atoms with van der Waals surface area (Å²) >= 11 is 5.58. The normalized spacial score (nSPS) is 9.50. The molecule has 1 nitrogen and oxygen atoms in total. The van der Waals surface area contributed by atoms with E-state index in [1.807, 2.05) is 0 Å². The molecule has 0 fully saturated rings. The van der Waals surface area contributed by atoms with Gasteiger partial charge in [0, 0.05) is 12.1 Å². The van der Waals surface area contributed by atoms with Crippen LogP contribution in [-0.2, 0) is 0 Å². The van der Waals surface area contributed by atoms with Crippen LogP contribution in [0.15, 0.2) is 24.3 Å². The molecule has 0 radical (unpaired) electrons. The van der Waals surface area contributed by atoms with E-state index in [4.69, 9.17) is 11.6 Å². The first kappa shape index (κ1) is 7.35. The monoisotopic (exact) mass is 159 g/mol. The van der Waals surface area contributed by atoms with Gasteiger partial charge in [0.05, 0.1) is 5.69 Å². The molecule has 0 aliphatic carbocycles. The van der Waals surface area contributed by atoms with Crippen LogP contribution in [0.4, 0.5) is 10.2 Å². The zero-order valence-corrected chi connectivity index (χ0v) is 6.27. The van der Waals surface area contributed by atoms with E-state index in [0.717, 1.165) is 0 Å². The molecule has 0 bridgehead atoms. The summed E-state index contributed by atoms with van der Waals surface area (Å²) in [7, 11) is 1.34. The van der Waals surface area contributed by atoms with Crippen molar-refractivity contribution in [2.24, 2.45) is 0 Å². The van der Waals surface area contributed by atoms with Crippen LogP contribution in [0.3, 0.4) is 0 Å². The van der Waals surface area contributed by atoms with Gasteiger partial charge in [-0.15, -0.1) is 4.48 Å². The molecule has 0 aliphatic heterocycles. The molecule has 3 heteroatoms. The lowest BCUT2D eigenvalue weighted by molar-refractivity contribution is 0.476. The van der Waals surface area contributed by atoms with Gasteiger partial charge in [0.15, 0.2) is 0 Å². The maximum Gasteiger partial charge on any atom is 0.0685 e. The van der Waals surface area contributed by atoms with Gasteiger partial charge >= 0.3 is 0 Å². The second-order valence-corrected chi connectivity index (χ2v) is 2.39. The van der Waals surface area contributed by atoms with Gasteiger partial charge in [0.25, 0.3) is 0 Å². The molecule has 0 unspecified atom stereocenters. The molecule has 1 aromatic carbocycles. The molecule has 0 aliphatic rings. The molecule has 0 spiro atoms. The second kappa shape index (κ2) is 2.88. The van der Waals surface area contributed by atoms with E-state index in [2.05, 4.69) is 0 Å². The Kier molecular flexibility index (Phi) is 2.12. The van der Waals surface area contributed by atoms with Gasteiger partial charge in [-0.1, -0.05) is 11.6 Å². The Balaban J connectivity index is 2.89. The lowest BCUT2D eigenvalue weighted by Gasteiger charge is -2.05. The molecule has 0 atom stereocenters. The number of halogens is 2. The standard InChI is InChI=1S/C7H7ClFN/c1-10(9)7-4-2-6(8)3-5-7/h2-5H,1H3. The highest BCUT2D eigenvalue weighted by Gasteiger charge is 1.95. The number of hydrogen-bond donors (Lipinski definition) is 0. The molecule has 1 aromatic rings. The third-order valence-electron chi connectivity index (χ3n) is 1.18. The Hall–Kier alpha value is -0.760. The highest BCUT2D eigenvalue weighted by molar-refractivity contribution is 6.30. The first-order chi connectivity index (χ1) is 4.70. The van der Waals surface area contributed by atoms with Crippen molar-refractivity contribution in [2.45, 2.75) is 0 Å². The van der Waals surface area contributed by atoms with Gasteiger partial charge in [-0.3, -0.25) is 0 Å². The first-order valence-electron chi connectivity index (χ1n) is 2.85. The van der Waals surface area contributed by atoms with Crippen LogP contribution in [-0.4, -0.2) is 7.05 Å². The quantitative estimate of drug-likeness (QED) is 0.570. The lowest BCUT2D eigenvalue weighted by atomic mass is 10.3. The maximum atomic E-state index is 12.4. The zero-order valence-electron chi connectivity index (χ0n) is 5.51. The molecule has 0 N–H and O–H groups in total. The molecule has 0 heterocycles. The summed E-state index contributed by atoms with van der Waals surface area (Å²) in [5.74, 6) is 0. The molecule has 0 saturated carbocycles. The van der Waals surface area contributed by atoms with Crippen molar-refractivity contribution in [1.82, 2.24) is 0 Å². The van der Waals surface area contributed by atoms with E-state index in [9.17, 15) is 4.48 Å². The van der Waals surface area contributed by atoms with Gasteiger partial charge in [0.2, 0.25) is 0 Å². The summed E-state index contributed by atoms with van der Waals surface area (Å²) in [6.45, 7) is 0. The Labute approximate surface area is 64.0 Å². The molecular weight excluding hydrogens is 153 g/mol. The van der Waals surface area contributed by atoms with Crippen molar-refractivity contribution in [3.63, 3.8) is 0 Å². The maximum absolute atomic E-state index is 12.4. The van der Waals surface area contributed by atoms with Crippen LogP contribution in [0.1, 0.15) is 0 Å². The third kappa shape index (κ3) is 1.61. The van der Waals surface area contributed by atoms with Crippen LogP contribution in [0.5, 0.6) is 0 Å². The average Bonchev–Trinajstić information content (AvgIpc) is 1.88. The highest BCUT2D eigenvalue weighted by Crippen LogP contribution is 2.16. The summed E-state index contributed by atoms with van der Waals surface area (Å²) in [4.78, 5) is 0. The van der Waals surface area contributed by atoms with Crippen molar-refractivity contribution < 1.29 is 4.48 Å². The zero-order chi connectivity index (χ0) is 7.56. The predicted octanol–water partition coefficient (Wildman–Crippen LogP) is 2.66. The predicted molar refractivity (Wildman–Crippen MR) is 41.0 cm³/mol. The van der Waals surface area contributed by atoms with Crippen molar-refractivity contribution in [1.29, 1.82) is 0 Å². The van der Waals surface area contributed by atoms with E-state index in [-0.39, 0.29) is 0 Å². The van der Waals surface area contributed by atoms with E-state index in [1.54, 1.807) is 24.3 Å². The van der Waals surface area contributed by atoms with Gasteiger partial charge in [-0.25, -0.2) is 5.12 Å². The van der Waals surface area contributed by atoms with Crippen molar-refractivity contribution in [3.8, 4) is 0 Å². The summed E-state index contributed by atoms with van der Waals surface area (Å²) < 4.78 is 12.4. The van der Waals surface area contributed by atoms with Gasteiger partial charge in [-0.2, -0.15) is 0 Å². The third-order valence-corrected chi connectivity index (χ3v) is 1.43. The van der Waals surface area contributed by atoms with Crippen LogP contribution < -0.4 is 5.12 Å². The fraction of sp³-hybridized carbons (Fsp3) is 0.143. The average molecular weight is 160 g/mol. The summed E-state index contributed by atoms with van der Waals surface area (Å²) in [6.07, 6.45) is 0. The Bertz CT molecular complexity index is 207. The van der Waals surface area contributed by atoms with Crippen LogP contribution >= 0.6 is 11.6 Å². The lowest BCUT2D eigenvalue weighted by Crippen LogP contribution is -2.00. The molecule has 54 valence electrons. The number of rotatable bonds is 1. The largest absolute Gasteiger partial charge is 0.215 e. The highest BCUT2D eigenvalue weighted by atomic mass is 35.5. The Morgan fingerprint density at radius 3 is 2.20 bits per heavy atom. The minimum Gasteiger partial charge on any atom is -0.215 e. The number of anilines is 1. The van der Waals surface area contributed by atoms with Crippen molar-refractivity contribution in [2.75, 3.05) is 12.2 Å². The Morgan fingerprint density at radius 1 is 1.30 bits per heavy atom.